The number of carbonyl (C=O) groups is 4. The maximum absolute atomic E-state index is 13.7. The summed E-state index contributed by atoms with van der Waals surface area (Å²) in [5.41, 5.74) is -5.20. The third kappa shape index (κ3) is 10.7. The average molecular weight is 853 g/mol. The summed E-state index contributed by atoms with van der Waals surface area (Å²) in [4.78, 5) is 52.3. The Labute approximate surface area is 333 Å². The van der Waals surface area contributed by atoms with Crippen LogP contribution in [0.15, 0.2) is 81.4 Å². The number of anilines is 2. The van der Waals surface area contributed by atoms with Crippen LogP contribution in [0.25, 0.3) is 0 Å². The van der Waals surface area contributed by atoms with Gasteiger partial charge in [-0.3, -0.25) is 29.4 Å². The highest BCUT2D eigenvalue weighted by Gasteiger charge is 2.49. The highest BCUT2D eigenvalue weighted by Crippen LogP contribution is 2.37. The summed E-state index contributed by atoms with van der Waals surface area (Å²) in [6.45, 7) is 1.72. The van der Waals surface area contributed by atoms with Crippen molar-refractivity contribution in [2.45, 2.75) is 77.2 Å². The van der Waals surface area contributed by atoms with E-state index in [1.165, 1.54) is 17.8 Å². The van der Waals surface area contributed by atoms with Crippen molar-refractivity contribution < 1.29 is 49.2 Å². The van der Waals surface area contributed by atoms with Gasteiger partial charge in [-0.25, -0.2) is 22.0 Å². The van der Waals surface area contributed by atoms with Crippen molar-refractivity contribution in [1.82, 2.24) is 15.1 Å². The molecule has 0 spiro atoms. The lowest BCUT2D eigenvalue weighted by Crippen LogP contribution is -2.54. The van der Waals surface area contributed by atoms with E-state index in [9.17, 15) is 49.2 Å². The molecular formula is C37H43F3N6O8S3. The largest absolute Gasteiger partial charge is 0.501 e. The van der Waals surface area contributed by atoms with Crippen LogP contribution in [0.3, 0.4) is 0 Å². The second-order valence-electron chi connectivity index (χ2n) is 13.7. The summed E-state index contributed by atoms with van der Waals surface area (Å²) in [5.74, 6) is -1.93. The fraction of sp³-hybridized carbons (Fsp3) is 0.405. The first-order valence-corrected chi connectivity index (χ1v) is 22.1. The van der Waals surface area contributed by atoms with Crippen LogP contribution < -0.4 is 21.1 Å². The van der Waals surface area contributed by atoms with Gasteiger partial charge in [-0.05, 0) is 88.3 Å². The Kier molecular flexibility index (Phi) is 14.1. The Morgan fingerprint density at radius 3 is 2.32 bits per heavy atom. The van der Waals surface area contributed by atoms with E-state index >= 15 is 0 Å². The predicted molar refractivity (Wildman–Crippen MR) is 208 cm³/mol. The van der Waals surface area contributed by atoms with Gasteiger partial charge in [0.15, 0.2) is 0 Å². The minimum atomic E-state index is -5.95. The quantitative estimate of drug-likeness (QED) is 0.0743. The first-order valence-electron chi connectivity index (χ1n) is 18.1. The van der Waals surface area contributed by atoms with Crippen LogP contribution >= 0.6 is 11.8 Å². The summed E-state index contributed by atoms with van der Waals surface area (Å²) in [5, 5.41) is 13.5. The molecule has 2 heterocycles. The highest BCUT2D eigenvalue weighted by molar-refractivity contribution is 7.99. The number of imide groups is 2. The molecule has 0 saturated carbocycles. The first kappa shape index (κ1) is 43.6. The molecule has 5 rings (SSSR count). The van der Waals surface area contributed by atoms with E-state index in [0.717, 1.165) is 47.6 Å². The Morgan fingerprint density at radius 1 is 0.912 bits per heavy atom. The number of sulfonamides is 1. The molecule has 1 saturated heterocycles. The van der Waals surface area contributed by atoms with Gasteiger partial charge in [0.1, 0.15) is 10.9 Å². The van der Waals surface area contributed by atoms with E-state index in [0.29, 0.717) is 43.6 Å². The Balaban J connectivity index is 1.13. The second-order valence-corrected chi connectivity index (χ2v) is 18.3. The smallest absolute Gasteiger partial charge is 0.384 e. The summed E-state index contributed by atoms with van der Waals surface area (Å²) < 4.78 is 90.0. The topological polar surface area (TPSA) is 205 Å². The molecule has 20 heteroatoms. The van der Waals surface area contributed by atoms with Gasteiger partial charge >= 0.3 is 5.51 Å². The fourth-order valence-corrected chi connectivity index (χ4v) is 9.07. The SMILES string of the molecule is CN(CCCCCCNc1cccc2c1C(=O)N(C1CCC(=O)NC1=O)C2=O)CC[C@H](CSc1ccccc1)Nc1ccc(S(N)(=O)=O)cc1S(=O)(=O)C(F)(F)F. The number of nitrogens with two attached hydrogens (primary N) is 1. The van der Waals surface area contributed by atoms with Crippen LogP contribution in [-0.4, -0.2) is 100 Å². The third-order valence-electron chi connectivity index (χ3n) is 9.54. The number of hydrogen-bond donors (Lipinski definition) is 4. The Hall–Kier alpha value is -4.50. The number of unbranched alkanes of at least 4 members (excludes halogenated alkanes) is 3. The minimum absolute atomic E-state index is 0.0296. The van der Waals surface area contributed by atoms with Crippen molar-refractivity contribution in [3.8, 4) is 0 Å². The number of nitrogens with one attached hydrogen (secondary N) is 3. The number of amides is 4. The molecular weight excluding hydrogens is 810 g/mol. The van der Waals surface area contributed by atoms with Gasteiger partial charge in [0.05, 0.1) is 21.7 Å². The van der Waals surface area contributed by atoms with Gasteiger partial charge < -0.3 is 15.5 Å². The molecule has 0 aliphatic carbocycles. The molecule has 0 radical (unpaired) electrons. The van der Waals surface area contributed by atoms with Crippen LogP contribution in [0, 0.1) is 0 Å². The predicted octanol–water partition coefficient (Wildman–Crippen LogP) is 4.60. The van der Waals surface area contributed by atoms with E-state index < -0.39 is 76.6 Å². The maximum Gasteiger partial charge on any atom is 0.501 e. The molecule has 2 aliphatic heterocycles. The van der Waals surface area contributed by atoms with Gasteiger partial charge in [-0.1, -0.05) is 37.1 Å². The molecule has 1 unspecified atom stereocenters. The van der Waals surface area contributed by atoms with E-state index in [4.69, 9.17) is 5.14 Å². The van der Waals surface area contributed by atoms with Gasteiger partial charge in [0.2, 0.25) is 21.8 Å². The van der Waals surface area contributed by atoms with Crippen molar-refractivity contribution in [3.63, 3.8) is 0 Å². The number of nitrogens with zero attached hydrogens (tertiary/aromatic N) is 2. The standard InChI is InChI=1S/C37H43F3N6O8S3/c1-45(20-8-3-2-7-19-42-29-13-9-12-27-33(29)36(50)46(35(27)49)30-16-17-32(47)44-34(30)48)21-18-24(23-55-25-10-5-4-6-11-25)43-28-15-14-26(57(41,53)54)22-31(28)56(51,52)37(38,39)40/h4-6,9-15,22,24,30,42-43H,2-3,7-8,16-21,23H2,1H3,(H2,41,53,54)(H,44,47,48)/t24-,30?/m1/s1. The molecule has 14 nitrogen and oxygen atoms in total. The van der Waals surface area contributed by atoms with Crippen molar-refractivity contribution in [1.29, 1.82) is 0 Å². The van der Waals surface area contributed by atoms with E-state index in [1.807, 2.05) is 37.4 Å². The summed E-state index contributed by atoms with van der Waals surface area (Å²) in [6, 6.07) is 14.9. The molecule has 0 aromatic heterocycles. The fourth-order valence-electron chi connectivity index (χ4n) is 6.51. The van der Waals surface area contributed by atoms with Crippen molar-refractivity contribution >= 4 is 66.6 Å². The molecule has 3 aromatic rings. The number of sulfone groups is 1. The number of fused-ring (bicyclic) bond motifs is 1. The monoisotopic (exact) mass is 852 g/mol. The zero-order valence-corrected chi connectivity index (χ0v) is 33.3. The Morgan fingerprint density at radius 2 is 1.63 bits per heavy atom. The summed E-state index contributed by atoms with van der Waals surface area (Å²) in [6.07, 6.45) is 3.78. The van der Waals surface area contributed by atoms with E-state index in [1.54, 1.807) is 12.1 Å². The molecule has 2 aliphatic rings. The number of halogens is 3. The molecule has 5 N–H and O–H groups in total. The van der Waals surface area contributed by atoms with E-state index in [-0.39, 0.29) is 24.0 Å². The number of benzene rings is 3. The molecule has 57 heavy (non-hydrogen) atoms. The third-order valence-corrected chi connectivity index (χ3v) is 13.2. The lowest BCUT2D eigenvalue weighted by atomic mass is 10.0. The minimum Gasteiger partial charge on any atom is -0.384 e. The number of carbonyl (C=O) groups excluding carboxylic acids is 4. The maximum atomic E-state index is 13.7. The van der Waals surface area contributed by atoms with Crippen LogP contribution in [-0.2, 0) is 29.4 Å². The number of alkyl halides is 3. The number of thioether (sulfide) groups is 1. The summed E-state index contributed by atoms with van der Waals surface area (Å²) in [7, 11) is -8.55. The van der Waals surface area contributed by atoms with Gasteiger partial charge in [0.25, 0.3) is 21.7 Å². The highest BCUT2D eigenvalue weighted by atomic mass is 32.2. The molecule has 308 valence electrons. The van der Waals surface area contributed by atoms with Crippen LogP contribution in [0.1, 0.15) is 65.7 Å². The van der Waals surface area contributed by atoms with Crippen LogP contribution in [0.4, 0.5) is 24.5 Å². The van der Waals surface area contributed by atoms with Crippen molar-refractivity contribution in [3.05, 3.63) is 77.9 Å². The van der Waals surface area contributed by atoms with Crippen LogP contribution in [0.5, 0.6) is 0 Å². The number of piperidine rings is 1. The molecule has 1 fully saturated rings. The average Bonchev–Trinajstić information content (AvgIpc) is 3.41. The summed E-state index contributed by atoms with van der Waals surface area (Å²) >= 11 is 1.43. The van der Waals surface area contributed by atoms with Crippen molar-refractivity contribution in [2.75, 3.05) is 43.1 Å². The lowest BCUT2D eigenvalue weighted by Gasteiger charge is -2.27. The normalized spacial score (nSPS) is 16.8. The first-order chi connectivity index (χ1) is 26.9. The van der Waals surface area contributed by atoms with Gasteiger partial charge in [-0.2, -0.15) is 13.2 Å². The van der Waals surface area contributed by atoms with Crippen LogP contribution in [0.2, 0.25) is 0 Å². The van der Waals surface area contributed by atoms with Gasteiger partial charge in [0, 0.05) is 35.3 Å². The number of primary sulfonamides is 1. The molecule has 0 bridgehead atoms. The lowest BCUT2D eigenvalue weighted by molar-refractivity contribution is -0.136. The number of hydrogen-bond acceptors (Lipinski definition) is 12. The Bertz CT molecular complexity index is 2210. The zero-order valence-electron chi connectivity index (χ0n) is 30.9. The molecule has 2 atom stereocenters. The molecule has 3 aromatic carbocycles. The zero-order chi connectivity index (χ0) is 41.5. The second kappa shape index (κ2) is 18.4. The van der Waals surface area contributed by atoms with E-state index in [2.05, 4.69) is 20.9 Å². The number of rotatable bonds is 19. The molecule has 4 amide bonds. The van der Waals surface area contributed by atoms with Gasteiger partial charge in [-0.15, -0.1) is 11.8 Å². The van der Waals surface area contributed by atoms with Crippen molar-refractivity contribution in [2.24, 2.45) is 5.14 Å².